The van der Waals surface area contributed by atoms with Gasteiger partial charge in [0.1, 0.15) is 0 Å². The number of fused-ring (bicyclic) bond motifs is 1. The van der Waals surface area contributed by atoms with Gasteiger partial charge in [0.2, 0.25) is 0 Å². The SMILES string of the molecule is Cc1nc(-c2ccc(NC(=O)c3ccc4c(c3)C(=O)N(CC3CCCO3)C4=O)cc2)cs1. The van der Waals surface area contributed by atoms with Crippen LogP contribution in [0.1, 0.15) is 48.9 Å². The molecule has 1 unspecified atom stereocenters. The van der Waals surface area contributed by atoms with Crippen LogP contribution >= 0.6 is 11.3 Å². The van der Waals surface area contributed by atoms with Crippen molar-refractivity contribution >= 4 is 34.7 Å². The summed E-state index contributed by atoms with van der Waals surface area (Å²) in [4.78, 5) is 43.9. The van der Waals surface area contributed by atoms with E-state index < -0.39 is 0 Å². The molecule has 0 spiro atoms. The maximum Gasteiger partial charge on any atom is 0.261 e. The summed E-state index contributed by atoms with van der Waals surface area (Å²) in [5, 5.41) is 5.83. The number of ether oxygens (including phenoxy) is 1. The van der Waals surface area contributed by atoms with Crippen molar-refractivity contribution in [1.29, 1.82) is 0 Å². The first-order valence-electron chi connectivity index (χ1n) is 10.5. The minimum atomic E-state index is -0.377. The van der Waals surface area contributed by atoms with Gasteiger partial charge in [-0.3, -0.25) is 19.3 Å². The Kier molecular flexibility index (Phi) is 5.32. The van der Waals surface area contributed by atoms with Crippen LogP contribution in [0, 0.1) is 6.92 Å². The number of benzene rings is 2. The maximum absolute atomic E-state index is 12.8. The highest BCUT2D eigenvalue weighted by Gasteiger charge is 2.37. The topological polar surface area (TPSA) is 88.6 Å². The highest BCUT2D eigenvalue weighted by Crippen LogP contribution is 2.27. The second kappa shape index (κ2) is 8.29. The second-order valence-corrected chi connectivity index (χ2v) is 8.96. The van der Waals surface area contributed by atoms with Gasteiger partial charge in [-0.2, -0.15) is 0 Å². The monoisotopic (exact) mass is 447 g/mol. The van der Waals surface area contributed by atoms with Gasteiger partial charge in [0.15, 0.2) is 0 Å². The molecule has 2 aliphatic rings. The lowest BCUT2D eigenvalue weighted by Gasteiger charge is -2.17. The van der Waals surface area contributed by atoms with Gasteiger partial charge in [0.05, 0.1) is 34.5 Å². The first-order chi connectivity index (χ1) is 15.5. The van der Waals surface area contributed by atoms with Gasteiger partial charge in [-0.05, 0) is 50.1 Å². The highest BCUT2D eigenvalue weighted by molar-refractivity contribution is 7.09. The van der Waals surface area contributed by atoms with E-state index in [1.165, 1.54) is 11.0 Å². The molecule has 1 aromatic heterocycles. The molecule has 32 heavy (non-hydrogen) atoms. The minimum absolute atomic E-state index is 0.115. The number of carbonyl (C=O) groups excluding carboxylic acids is 3. The van der Waals surface area contributed by atoms with E-state index in [0.717, 1.165) is 29.1 Å². The summed E-state index contributed by atoms with van der Waals surface area (Å²) in [5.41, 5.74) is 3.42. The third-order valence-corrected chi connectivity index (χ3v) is 6.47. The number of amides is 3. The van der Waals surface area contributed by atoms with E-state index in [0.29, 0.717) is 23.4 Å². The minimum Gasteiger partial charge on any atom is -0.376 e. The molecular formula is C24H21N3O4S. The molecule has 2 aromatic carbocycles. The summed E-state index contributed by atoms with van der Waals surface area (Å²) in [7, 11) is 0. The Morgan fingerprint density at radius 3 is 2.62 bits per heavy atom. The Morgan fingerprint density at radius 2 is 1.94 bits per heavy atom. The molecule has 1 N–H and O–H groups in total. The van der Waals surface area contributed by atoms with E-state index >= 15 is 0 Å². The van der Waals surface area contributed by atoms with Gasteiger partial charge in [0, 0.05) is 28.8 Å². The Bertz CT molecular complexity index is 1210. The standard InChI is InChI=1S/C24H21N3O4S/c1-14-25-21(13-32-14)15-4-7-17(8-5-15)26-22(28)16-6-9-19-20(11-16)24(30)27(23(19)29)12-18-3-2-10-31-18/h4-9,11,13,18H,2-3,10,12H2,1H3,(H,26,28). The third-order valence-electron chi connectivity index (χ3n) is 5.70. The molecule has 2 aliphatic heterocycles. The molecule has 1 fully saturated rings. The van der Waals surface area contributed by atoms with Crippen molar-refractivity contribution in [3.63, 3.8) is 0 Å². The van der Waals surface area contributed by atoms with Crippen LogP contribution in [0.25, 0.3) is 11.3 Å². The zero-order valence-corrected chi connectivity index (χ0v) is 18.3. The van der Waals surface area contributed by atoms with Gasteiger partial charge < -0.3 is 10.1 Å². The number of nitrogens with one attached hydrogen (secondary N) is 1. The number of nitrogens with zero attached hydrogens (tertiary/aromatic N) is 2. The molecular weight excluding hydrogens is 426 g/mol. The Morgan fingerprint density at radius 1 is 1.16 bits per heavy atom. The van der Waals surface area contributed by atoms with Gasteiger partial charge >= 0.3 is 0 Å². The number of aromatic nitrogens is 1. The Labute approximate surface area is 189 Å². The summed E-state index contributed by atoms with van der Waals surface area (Å²) in [6.07, 6.45) is 1.65. The molecule has 0 radical (unpaired) electrons. The van der Waals surface area contributed by atoms with E-state index in [2.05, 4.69) is 10.3 Å². The predicted octanol–water partition coefficient (Wildman–Crippen LogP) is 4.15. The van der Waals surface area contributed by atoms with Crippen molar-refractivity contribution in [2.24, 2.45) is 0 Å². The van der Waals surface area contributed by atoms with Gasteiger partial charge in [-0.1, -0.05) is 12.1 Å². The molecule has 1 atom stereocenters. The van der Waals surface area contributed by atoms with E-state index in [9.17, 15) is 14.4 Å². The second-order valence-electron chi connectivity index (χ2n) is 7.90. The molecule has 162 valence electrons. The smallest absolute Gasteiger partial charge is 0.261 e. The average Bonchev–Trinajstić information content (AvgIpc) is 3.52. The molecule has 8 heteroatoms. The molecule has 0 aliphatic carbocycles. The normalized spacial score (nSPS) is 17.7. The number of imide groups is 1. The zero-order chi connectivity index (χ0) is 22.2. The van der Waals surface area contributed by atoms with Crippen molar-refractivity contribution in [3.8, 4) is 11.3 Å². The van der Waals surface area contributed by atoms with Crippen LogP contribution in [-0.2, 0) is 4.74 Å². The fourth-order valence-electron chi connectivity index (χ4n) is 4.01. The predicted molar refractivity (Wildman–Crippen MR) is 121 cm³/mol. The quantitative estimate of drug-likeness (QED) is 0.594. The average molecular weight is 448 g/mol. The lowest BCUT2D eigenvalue weighted by molar-refractivity contribution is 0.0475. The van der Waals surface area contributed by atoms with Crippen LogP contribution in [0.15, 0.2) is 47.8 Å². The van der Waals surface area contributed by atoms with Gasteiger partial charge in [0.25, 0.3) is 17.7 Å². The molecule has 5 rings (SSSR count). The number of carbonyl (C=O) groups is 3. The number of rotatable bonds is 5. The summed E-state index contributed by atoms with van der Waals surface area (Å²) in [5.74, 6) is -1.05. The fraction of sp³-hybridized carbons (Fsp3) is 0.250. The van der Waals surface area contributed by atoms with Gasteiger partial charge in [-0.25, -0.2) is 4.98 Å². The number of hydrogen-bond donors (Lipinski definition) is 1. The van der Waals surface area contributed by atoms with Gasteiger partial charge in [-0.15, -0.1) is 11.3 Å². The Hall–Kier alpha value is -3.36. The number of aryl methyl sites for hydroxylation is 1. The molecule has 0 saturated carbocycles. The van der Waals surface area contributed by atoms with Crippen molar-refractivity contribution < 1.29 is 19.1 Å². The lowest BCUT2D eigenvalue weighted by Crippen LogP contribution is -2.36. The van der Waals surface area contributed by atoms with Crippen molar-refractivity contribution in [2.75, 3.05) is 18.5 Å². The largest absolute Gasteiger partial charge is 0.376 e. The molecule has 3 aromatic rings. The number of anilines is 1. The Balaban J connectivity index is 1.30. The molecule has 1 saturated heterocycles. The van der Waals surface area contributed by atoms with Crippen LogP contribution < -0.4 is 5.32 Å². The van der Waals surface area contributed by atoms with Crippen LogP contribution in [0.3, 0.4) is 0 Å². The van der Waals surface area contributed by atoms with Crippen LogP contribution in [0.5, 0.6) is 0 Å². The summed E-state index contributed by atoms with van der Waals surface area (Å²) < 4.78 is 5.56. The highest BCUT2D eigenvalue weighted by atomic mass is 32.1. The van der Waals surface area contributed by atoms with Crippen LogP contribution in [0.2, 0.25) is 0 Å². The maximum atomic E-state index is 12.8. The van der Waals surface area contributed by atoms with Crippen molar-refractivity contribution in [3.05, 3.63) is 69.5 Å². The number of hydrogen-bond acceptors (Lipinski definition) is 6. The van der Waals surface area contributed by atoms with E-state index in [1.54, 1.807) is 23.5 Å². The van der Waals surface area contributed by atoms with Crippen molar-refractivity contribution in [1.82, 2.24) is 9.88 Å². The first-order valence-corrected chi connectivity index (χ1v) is 11.3. The van der Waals surface area contributed by atoms with E-state index in [1.807, 2.05) is 36.6 Å². The zero-order valence-electron chi connectivity index (χ0n) is 17.5. The summed E-state index contributed by atoms with van der Waals surface area (Å²) in [6.45, 7) is 2.86. The van der Waals surface area contributed by atoms with Crippen LogP contribution in [-0.4, -0.2) is 46.9 Å². The summed E-state index contributed by atoms with van der Waals surface area (Å²) >= 11 is 1.59. The molecule has 3 amide bonds. The first kappa shape index (κ1) is 20.5. The lowest BCUT2D eigenvalue weighted by atomic mass is 10.1. The van der Waals surface area contributed by atoms with Crippen molar-refractivity contribution in [2.45, 2.75) is 25.9 Å². The summed E-state index contributed by atoms with van der Waals surface area (Å²) in [6, 6.07) is 12.0. The molecule has 7 nitrogen and oxygen atoms in total. The van der Waals surface area contributed by atoms with E-state index in [4.69, 9.17) is 4.74 Å². The fourth-order valence-corrected chi connectivity index (χ4v) is 4.64. The third kappa shape index (κ3) is 3.83. The van der Waals surface area contributed by atoms with Crippen LogP contribution in [0.4, 0.5) is 5.69 Å². The van der Waals surface area contributed by atoms with E-state index in [-0.39, 0.29) is 35.9 Å². The number of thiazole rings is 1. The molecule has 3 heterocycles. The molecule has 0 bridgehead atoms.